The van der Waals surface area contributed by atoms with E-state index < -0.39 is 76.6 Å². The number of rotatable bonds is 20. The van der Waals surface area contributed by atoms with Crippen LogP contribution >= 0.6 is 7.37 Å². The van der Waals surface area contributed by atoms with Gasteiger partial charge >= 0.3 is 5.69 Å². The molecule has 1 fully saturated rings. The first-order chi connectivity index (χ1) is 23.5. The molecule has 0 spiro atoms. The molecule has 1 aliphatic rings. The summed E-state index contributed by atoms with van der Waals surface area (Å²) in [4.78, 5) is 39.6. The van der Waals surface area contributed by atoms with Crippen LogP contribution in [0.25, 0.3) is 0 Å². The van der Waals surface area contributed by atoms with E-state index >= 15 is 0 Å². The summed E-state index contributed by atoms with van der Waals surface area (Å²) < 4.78 is 58.6. The van der Waals surface area contributed by atoms with Crippen LogP contribution in [0.3, 0.4) is 0 Å². The number of ether oxygens (including phenoxy) is 5. The van der Waals surface area contributed by atoms with Gasteiger partial charge in [-0.1, -0.05) is 51.1 Å². The fourth-order valence-corrected chi connectivity index (χ4v) is 8.24. The molecule has 0 aliphatic carbocycles. The highest BCUT2D eigenvalue weighted by molar-refractivity contribution is 7.58. The number of Topliss-reactive ketones (excluding diaryl/α,β-unsaturated/α-hetero) is 1. The fourth-order valence-electron chi connectivity index (χ4n) is 5.32. The summed E-state index contributed by atoms with van der Waals surface area (Å²) >= 11 is 0. The summed E-state index contributed by atoms with van der Waals surface area (Å²) in [5.41, 5.74) is -0.0896. The lowest BCUT2D eigenvalue weighted by Gasteiger charge is -2.41. The van der Waals surface area contributed by atoms with Crippen LogP contribution in [0.2, 0.25) is 18.1 Å². The summed E-state index contributed by atoms with van der Waals surface area (Å²) in [7, 11) is -4.38. The molecule has 0 bridgehead atoms. The highest BCUT2D eigenvalue weighted by Gasteiger charge is 2.55. The number of carbonyl (C=O) groups excluding carboxylic acids is 1. The third-order valence-corrected chi connectivity index (χ3v) is 15.2. The number of ketones is 1. The van der Waals surface area contributed by atoms with E-state index in [-0.39, 0.29) is 49.9 Å². The van der Waals surface area contributed by atoms with Gasteiger partial charge in [-0.05, 0) is 37.5 Å². The molecule has 1 aromatic carbocycles. The number of benzene rings is 1. The highest BCUT2D eigenvalue weighted by atomic mass is 31.2. The Labute approximate surface area is 295 Å². The molecule has 0 saturated carbocycles. The molecule has 14 nitrogen and oxygen atoms in total. The Morgan fingerprint density at radius 1 is 1.12 bits per heavy atom. The van der Waals surface area contributed by atoms with Gasteiger partial charge in [0.05, 0.1) is 38.7 Å². The third-order valence-electron chi connectivity index (χ3n) is 8.95. The largest absolute Gasteiger partial charge is 0.408 e. The van der Waals surface area contributed by atoms with Gasteiger partial charge in [-0.25, -0.2) is 9.36 Å². The number of aliphatic hydroxyl groups excluding tert-OH is 1. The molecule has 0 amide bonds. The number of carbonyl (C=O) groups is 1. The van der Waals surface area contributed by atoms with Gasteiger partial charge in [0, 0.05) is 25.5 Å². The average Bonchev–Trinajstić information content (AvgIpc) is 3.39. The number of aromatic nitrogens is 2. The predicted octanol–water partition coefficient (Wildman–Crippen LogP) is 3.70. The van der Waals surface area contributed by atoms with Crippen molar-refractivity contribution in [1.29, 1.82) is 0 Å². The highest BCUT2D eigenvalue weighted by Crippen LogP contribution is 2.48. The molecule has 16 heteroatoms. The number of aryl methyl sites for hydroxylation is 1. The molecule has 1 aromatic heterocycles. The van der Waals surface area contributed by atoms with Gasteiger partial charge in [-0.2, -0.15) is 0 Å². The van der Waals surface area contributed by atoms with Crippen molar-refractivity contribution in [2.75, 3.05) is 53.0 Å². The molecule has 1 unspecified atom stereocenters. The maximum absolute atomic E-state index is 14.1. The van der Waals surface area contributed by atoms with Crippen LogP contribution in [0, 0.1) is 6.92 Å². The van der Waals surface area contributed by atoms with E-state index in [9.17, 15) is 24.1 Å². The summed E-state index contributed by atoms with van der Waals surface area (Å²) in [6.45, 7) is 14.3. The molecule has 6 atom stereocenters. The van der Waals surface area contributed by atoms with E-state index in [4.69, 9.17) is 32.6 Å². The molecule has 1 N–H and O–H groups in total. The van der Waals surface area contributed by atoms with E-state index in [1.807, 2.05) is 30.3 Å². The second-order valence-corrected chi connectivity index (χ2v) is 21.4. The van der Waals surface area contributed by atoms with E-state index in [1.54, 1.807) is 13.8 Å². The first kappa shape index (κ1) is 42.1. The Balaban J connectivity index is 2.17. The fraction of sp³-hybridized carbons (Fsp3) is 0.676. The lowest BCUT2D eigenvalue weighted by molar-refractivity contribution is -0.136. The summed E-state index contributed by atoms with van der Waals surface area (Å²) in [6, 6.07) is 9.37. The average molecular weight is 743 g/mol. The van der Waals surface area contributed by atoms with Crippen molar-refractivity contribution in [2.45, 2.75) is 96.7 Å². The van der Waals surface area contributed by atoms with Crippen LogP contribution in [-0.2, 0) is 55.3 Å². The molecule has 2 aromatic rings. The lowest BCUT2D eigenvalue weighted by Crippen LogP contribution is -2.53. The minimum atomic E-state index is -3.30. The van der Waals surface area contributed by atoms with Crippen molar-refractivity contribution in [3.8, 4) is 0 Å². The number of aliphatic hydroxyl groups is 1. The Morgan fingerprint density at radius 2 is 1.80 bits per heavy atom. The zero-order valence-electron chi connectivity index (χ0n) is 30.8. The number of hydrogen-bond donors (Lipinski definition) is 1. The smallest absolute Gasteiger partial charge is 0.335 e. The summed E-state index contributed by atoms with van der Waals surface area (Å²) in [5.74, 6) is -0.587. The van der Waals surface area contributed by atoms with Gasteiger partial charge in [0.2, 0.25) is 7.37 Å². The van der Waals surface area contributed by atoms with Crippen LogP contribution in [-0.4, -0.2) is 106 Å². The predicted molar refractivity (Wildman–Crippen MR) is 190 cm³/mol. The first-order valence-corrected chi connectivity index (χ1v) is 22.0. The zero-order valence-corrected chi connectivity index (χ0v) is 32.7. The Bertz CT molecular complexity index is 1560. The van der Waals surface area contributed by atoms with Crippen molar-refractivity contribution in [3.63, 3.8) is 0 Å². The molecule has 50 heavy (non-hydrogen) atoms. The Morgan fingerprint density at radius 3 is 2.40 bits per heavy atom. The molecule has 282 valence electrons. The first-order valence-electron chi connectivity index (χ1n) is 16.8. The normalized spacial score (nSPS) is 21.6. The molecule has 1 saturated heterocycles. The van der Waals surface area contributed by atoms with E-state index in [0.29, 0.717) is 0 Å². The molecular formula is C34H55N2O12PSi. The minimum Gasteiger partial charge on any atom is -0.408 e. The maximum Gasteiger partial charge on any atom is 0.335 e. The molecule has 0 radical (unpaired) electrons. The summed E-state index contributed by atoms with van der Waals surface area (Å²) in [5, 5.41) is 9.18. The molecular weight excluding hydrogens is 687 g/mol. The van der Waals surface area contributed by atoms with Crippen molar-refractivity contribution in [3.05, 3.63) is 68.5 Å². The second-order valence-electron chi connectivity index (χ2n) is 14.0. The SMILES string of the molecule is CCOP(C)(=O)C[C@H](OCC(=O)CO)[C@H]1O[C@@H](n2cc(C)c(=O)n(COCc3ccccc3)c2=O)[C@H](OCCOC)[C@@H]1O[Si](C)(C)C(C)(C)C. The second kappa shape index (κ2) is 18.5. The van der Waals surface area contributed by atoms with Gasteiger partial charge in [0.1, 0.15) is 38.3 Å². The monoisotopic (exact) mass is 742 g/mol. The number of methoxy groups -OCH3 is 1. The third kappa shape index (κ3) is 11.1. The van der Waals surface area contributed by atoms with Gasteiger partial charge in [0.15, 0.2) is 20.3 Å². The Kier molecular flexibility index (Phi) is 15.5. The Hall–Kier alpha value is -2.30. The van der Waals surface area contributed by atoms with Crippen LogP contribution in [0.4, 0.5) is 0 Å². The number of nitrogens with zero attached hydrogens (tertiary/aromatic N) is 2. The maximum atomic E-state index is 14.1. The molecule has 2 heterocycles. The van der Waals surface area contributed by atoms with Crippen LogP contribution < -0.4 is 11.2 Å². The summed E-state index contributed by atoms with van der Waals surface area (Å²) in [6.07, 6.45) is -3.79. The van der Waals surface area contributed by atoms with Gasteiger partial charge in [-0.3, -0.25) is 18.7 Å². The quantitative estimate of drug-likeness (QED) is 0.119. The molecule has 3 rings (SSSR count). The van der Waals surface area contributed by atoms with Gasteiger partial charge < -0.3 is 37.7 Å². The zero-order chi connectivity index (χ0) is 37.3. The topological polar surface area (TPSA) is 163 Å². The van der Waals surface area contributed by atoms with Gasteiger partial charge in [0.25, 0.3) is 5.56 Å². The van der Waals surface area contributed by atoms with Crippen molar-refractivity contribution in [2.24, 2.45) is 0 Å². The standard InChI is InChI=1S/C34H55N2O12PSi/c1-10-46-49(7,41)22-27(45-21-26(38)19-37)28-29(48-50(8,9)34(3,4)5)30(44-17-16-42-6)32(47-28)35-18-24(2)31(39)36(33(35)40)23-43-20-25-14-12-11-13-15-25/h11-15,18,27-30,32,37H,10,16-17,19-23H2,1-9H3/t27-,28+,29+,30+,32+,49?/m0/s1. The van der Waals surface area contributed by atoms with E-state index in [2.05, 4.69) is 33.9 Å². The van der Waals surface area contributed by atoms with E-state index in [0.717, 1.165) is 10.1 Å². The molecule has 1 aliphatic heterocycles. The van der Waals surface area contributed by atoms with Crippen molar-refractivity contribution < 1.29 is 47.1 Å². The minimum absolute atomic E-state index is 0.110. The van der Waals surface area contributed by atoms with Crippen molar-refractivity contribution in [1.82, 2.24) is 9.13 Å². The van der Waals surface area contributed by atoms with Crippen LogP contribution in [0.1, 0.15) is 45.0 Å². The van der Waals surface area contributed by atoms with E-state index in [1.165, 1.54) is 24.5 Å². The number of hydrogen-bond acceptors (Lipinski definition) is 12. The van der Waals surface area contributed by atoms with Crippen LogP contribution in [0.15, 0.2) is 46.1 Å². The lowest BCUT2D eigenvalue weighted by atomic mass is 10.1. The van der Waals surface area contributed by atoms with Crippen LogP contribution in [0.5, 0.6) is 0 Å². The van der Waals surface area contributed by atoms with Gasteiger partial charge in [-0.15, -0.1) is 0 Å². The van der Waals surface area contributed by atoms with Crippen molar-refractivity contribution >= 4 is 21.5 Å².